The molecule has 0 unspecified atom stereocenters. The molecule has 3 nitrogen and oxygen atoms in total. The molecule has 1 aromatic rings. The van der Waals surface area contributed by atoms with Crippen LogP contribution in [0.25, 0.3) is 0 Å². The Balaban J connectivity index is 2.83. The Morgan fingerprint density at radius 1 is 1.26 bits per heavy atom. The van der Waals surface area contributed by atoms with Gasteiger partial charge in [0.15, 0.2) is 0 Å². The van der Waals surface area contributed by atoms with Gasteiger partial charge in [0.25, 0.3) is 0 Å². The Kier molecular flexibility index (Phi) is 8.07. The van der Waals surface area contributed by atoms with Crippen LogP contribution in [0.15, 0.2) is 16.7 Å². The third-order valence-electron chi connectivity index (χ3n) is 3.11. The third kappa shape index (κ3) is 5.49. The van der Waals surface area contributed by atoms with Crippen LogP contribution in [0.5, 0.6) is 0 Å². The summed E-state index contributed by atoms with van der Waals surface area (Å²) in [5.74, 6) is 1.13. The van der Waals surface area contributed by atoms with Gasteiger partial charge in [-0.2, -0.15) is 0 Å². The first-order chi connectivity index (χ1) is 9.22. The van der Waals surface area contributed by atoms with E-state index in [-0.39, 0.29) is 0 Å². The Morgan fingerprint density at radius 2 is 2.05 bits per heavy atom. The molecule has 0 aliphatic rings. The molecule has 1 rings (SSSR count). The number of halogens is 1. The predicted molar refractivity (Wildman–Crippen MR) is 86.7 cm³/mol. The average molecular weight is 328 g/mol. The maximum absolute atomic E-state index is 4.62. The number of unbranched alkanes of at least 4 members (excludes halogenated alkanes) is 1. The molecule has 108 valence electrons. The first kappa shape index (κ1) is 16.4. The highest BCUT2D eigenvalue weighted by Crippen LogP contribution is 2.22. The lowest BCUT2D eigenvalue weighted by Gasteiger charge is -2.24. The normalized spacial score (nSPS) is 10.7. The van der Waals surface area contributed by atoms with E-state index in [4.69, 9.17) is 0 Å². The van der Waals surface area contributed by atoms with E-state index in [1.165, 1.54) is 18.4 Å². The zero-order valence-electron chi connectivity index (χ0n) is 12.4. The smallest absolute Gasteiger partial charge is 0.133 e. The Bertz CT molecular complexity index is 368. The van der Waals surface area contributed by atoms with E-state index in [2.05, 4.69) is 58.0 Å². The second-order valence-corrected chi connectivity index (χ2v) is 5.66. The van der Waals surface area contributed by atoms with Crippen LogP contribution in [0.3, 0.4) is 0 Å². The standard InChI is InChI=1S/C15H26BrN3/c1-4-7-9-19(6-3)15-13(11-17-8-5-2)10-14(16)12-18-15/h10,12,17H,4-9,11H2,1-3H3. The van der Waals surface area contributed by atoms with E-state index >= 15 is 0 Å². The molecule has 0 bridgehead atoms. The average Bonchev–Trinajstić information content (AvgIpc) is 2.41. The number of anilines is 1. The van der Waals surface area contributed by atoms with E-state index in [1.807, 2.05) is 6.20 Å². The van der Waals surface area contributed by atoms with E-state index in [0.717, 1.165) is 42.9 Å². The molecule has 0 radical (unpaired) electrons. The lowest BCUT2D eigenvalue weighted by molar-refractivity contribution is 0.664. The summed E-state index contributed by atoms with van der Waals surface area (Å²) in [7, 11) is 0. The largest absolute Gasteiger partial charge is 0.357 e. The molecule has 4 heteroatoms. The molecule has 0 saturated heterocycles. The summed E-state index contributed by atoms with van der Waals surface area (Å²) in [5, 5.41) is 3.47. The van der Waals surface area contributed by atoms with Crippen molar-refractivity contribution in [3.8, 4) is 0 Å². The Hall–Kier alpha value is -0.610. The zero-order valence-corrected chi connectivity index (χ0v) is 14.0. The van der Waals surface area contributed by atoms with E-state index < -0.39 is 0 Å². The van der Waals surface area contributed by atoms with Gasteiger partial charge < -0.3 is 10.2 Å². The molecule has 0 amide bonds. The minimum absolute atomic E-state index is 0.887. The fourth-order valence-corrected chi connectivity index (χ4v) is 2.43. The van der Waals surface area contributed by atoms with Gasteiger partial charge >= 0.3 is 0 Å². The van der Waals surface area contributed by atoms with Crippen LogP contribution >= 0.6 is 15.9 Å². The van der Waals surface area contributed by atoms with Crippen molar-refractivity contribution >= 4 is 21.7 Å². The summed E-state index contributed by atoms with van der Waals surface area (Å²) in [6.07, 6.45) is 5.49. The van der Waals surface area contributed by atoms with Crippen LogP contribution in [0.2, 0.25) is 0 Å². The monoisotopic (exact) mass is 327 g/mol. The maximum Gasteiger partial charge on any atom is 0.133 e. The molecule has 0 aliphatic carbocycles. The molecule has 0 saturated carbocycles. The molecule has 0 spiro atoms. The molecule has 0 atom stereocenters. The first-order valence-electron chi connectivity index (χ1n) is 7.32. The van der Waals surface area contributed by atoms with E-state index in [9.17, 15) is 0 Å². The van der Waals surface area contributed by atoms with Crippen molar-refractivity contribution in [2.45, 2.75) is 46.6 Å². The van der Waals surface area contributed by atoms with Crippen LogP contribution in [0, 0.1) is 0 Å². The molecule has 0 fully saturated rings. The SMILES string of the molecule is CCCCN(CC)c1ncc(Br)cc1CNCCC. The first-order valence-corrected chi connectivity index (χ1v) is 8.12. The number of pyridine rings is 1. The van der Waals surface area contributed by atoms with Crippen molar-refractivity contribution in [3.63, 3.8) is 0 Å². The van der Waals surface area contributed by atoms with Crippen LogP contribution < -0.4 is 10.2 Å². The van der Waals surface area contributed by atoms with Crippen molar-refractivity contribution in [1.82, 2.24) is 10.3 Å². The zero-order chi connectivity index (χ0) is 14.1. The second kappa shape index (κ2) is 9.32. The van der Waals surface area contributed by atoms with Crippen molar-refractivity contribution in [1.29, 1.82) is 0 Å². The molecule has 19 heavy (non-hydrogen) atoms. The fraction of sp³-hybridized carbons (Fsp3) is 0.667. The van der Waals surface area contributed by atoms with Gasteiger partial charge in [0.1, 0.15) is 5.82 Å². The van der Waals surface area contributed by atoms with Gasteiger partial charge in [0.05, 0.1) is 0 Å². The minimum atomic E-state index is 0.887. The van der Waals surface area contributed by atoms with Crippen molar-refractivity contribution in [3.05, 3.63) is 22.3 Å². The highest BCUT2D eigenvalue weighted by atomic mass is 79.9. The summed E-state index contributed by atoms with van der Waals surface area (Å²) >= 11 is 3.52. The second-order valence-electron chi connectivity index (χ2n) is 4.75. The van der Waals surface area contributed by atoms with Crippen molar-refractivity contribution in [2.75, 3.05) is 24.5 Å². The summed E-state index contributed by atoms with van der Waals surface area (Å²) < 4.78 is 1.05. The Labute approximate surface area is 125 Å². The number of nitrogens with one attached hydrogen (secondary N) is 1. The highest BCUT2D eigenvalue weighted by Gasteiger charge is 2.11. The molecule has 0 aliphatic heterocycles. The Morgan fingerprint density at radius 3 is 2.68 bits per heavy atom. The lowest BCUT2D eigenvalue weighted by Crippen LogP contribution is -2.27. The van der Waals surface area contributed by atoms with Crippen LogP contribution in [-0.2, 0) is 6.54 Å². The minimum Gasteiger partial charge on any atom is -0.357 e. The molecule has 0 aromatic carbocycles. The van der Waals surface area contributed by atoms with Gasteiger partial charge in [0.2, 0.25) is 0 Å². The predicted octanol–water partition coefficient (Wildman–Crippen LogP) is 3.97. The van der Waals surface area contributed by atoms with Gasteiger partial charge in [0, 0.05) is 35.9 Å². The van der Waals surface area contributed by atoms with Crippen LogP contribution in [-0.4, -0.2) is 24.6 Å². The van der Waals surface area contributed by atoms with Crippen molar-refractivity contribution < 1.29 is 0 Å². The van der Waals surface area contributed by atoms with Crippen LogP contribution in [0.1, 0.15) is 45.6 Å². The number of hydrogen-bond acceptors (Lipinski definition) is 3. The van der Waals surface area contributed by atoms with E-state index in [1.54, 1.807) is 0 Å². The summed E-state index contributed by atoms with van der Waals surface area (Å²) in [6.45, 7) is 10.6. The third-order valence-corrected chi connectivity index (χ3v) is 3.55. The summed E-state index contributed by atoms with van der Waals surface area (Å²) in [5.41, 5.74) is 1.28. The molecular formula is C15H26BrN3. The number of hydrogen-bond donors (Lipinski definition) is 1. The van der Waals surface area contributed by atoms with Crippen LogP contribution in [0.4, 0.5) is 5.82 Å². The van der Waals surface area contributed by atoms with E-state index in [0.29, 0.717) is 0 Å². The van der Waals surface area contributed by atoms with Crippen molar-refractivity contribution in [2.24, 2.45) is 0 Å². The number of rotatable bonds is 9. The lowest BCUT2D eigenvalue weighted by atomic mass is 10.2. The number of aromatic nitrogens is 1. The molecule has 1 N–H and O–H groups in total. The summed E-state index contributed by atoms with van der Waals surface area (Å²) in [6, 6.07) is 2.18. The van der Waals surface area contributed by atoms with Gasteiger partial charge in [-0.1, -0.05) is 20.3 Å². The molecule has 1 aromatic heterocycles. The topological polar surface area (TPSA) is 28.2 Å². The highest BCUT2D eigenvalue weighted by molar-refractivity contribution is 9.10. The quantitative estimate of drug-likeness (QED) is 0.695. The fourth-order valence-electron chi connectivity index (χ4n) is 2.05. The van der Waals surface area contributed by atoms with Gasteiger partial charge in [-0.25, -0.2) is 4.98 Å². The summed E-state index contributed by atoms with van der Waals surface area (Å²) in [4.78, 5) is 6.99. The maximum atomic E-state index is 4.62. The number of nitrogens with zero attached hydrogens (tertiary/aromatic N) is 2. The van der Waals surface area contributed by atoms with Gasteiger partial charge in [-0.15, -0.1) is 0 Å². The molecule has 1 heterocycles. The van der Waals surface area contributed by atoms with Gasteiger partial charge in [-0.3, -0.25) is 0 Å². The van der Waals surface area contributed by atoms with Gasteiger partial charge in [-0.05, 0) is 48.3 Å². The molecular weight excluding hydrogens is 302 g/mol.